The molecule has 1 aliphatic rings. The van der Waals surface area contributed by atoms with Crippen LogP contribution in [0.1, 0.15) is 20.3 Å². The van der Waals surface area contributed by atoms with Crippen molar-refractivity contribution in [2.75, 3.05) is 5.73 Å². The third-order valence-electron chi connectivity index (χ3n) is 3.84. The van der Waals surface area contributed by atoms with E-state index in [0.29, 0.717) is 17.0 Å². The third-order valence-corrected chi connectivity index (χ3v) is 3.84. The van der Waals surface area contributed by atoms with E-state index >= 15 is 0 Å². The molecule has 2 aromatic rings. The van der Waals surface area contributed by atoms with E-state index in [4.69, 9.17) is 5.73 Å². The molecule has 1 unspecified atom stereocenters. The Morgan fingerprint density at radius 1 is 1.39 bits per heavy atom. The molecule has 3 rings (SSSR count). The molecule has 0 saturated heterocycles. The topological polar surface area (TPSA) is 69.6 Å². The van der Waals surface area contributed by atoms with Crippen molar-refractivity contribution in [3.63, 3.8) is 0 Å². The predicted molar refractivity (Wildman–Crippen MR) is 69.6 cm³/mol. The highest BCUT2D eigenvalue weighted by Gasteiger charge is 2.46. The van der Waals surface area contributed by atoms with E-state index in [9.17, 15) is 0 Å². The van der Waals surface area contributed by atoms with Gasteiger partial charge in [-0.05, 0) is 40.3 Å². The molecule has 0 bridgehead atoms. The highest BCUT2D eigenvalue weighted by Crippen LogP contribution is 2.52. The summed E-state index contributed by atoms with van der Waals surface area (Å²) >= 11 is 0. The molecule has 0 amide bonds. The molecular weight excluding hydrogens is 226 g/mol. The predicted octanol–water partition coefficient (Wildman–Crippen LogP) is 1.97. The van der Waals surface area contributed by atoms with Gasteiger partial charge in [-0.25, -0.2) is 4.68 Å². The van der Waals surface area contributed by atoms with Gasteiger partial charge in [0, 0.05) is 17.8 Å². The van der Waals surface area contributed by atoms with Crippen LogP contribution in [-0.4, -0.2) is 20.2 Å². The first-order chi connectivity index (χ1) is 8.58. The Kier molecular flexibility index (Phi) is 2.36. The van der Waals surface area contributed by atoms with Gasteiger partial charge in [0.25, 0.3) is 0 Å². The normalized spacial score (nSPS) is 20.9. The van der Waals surface area contributed by atoms with E-state index < -0.39 is 0 Å². The van der Waals surface area contributed by atoms with Crippen LogP contribution in [0.15, 0.2) is 24.3 Å². The van der Waals surface area contributed by atoms with E-state index in [0.717, 1.165) is 17.9 Å². The van der Waals surface area contributed by atoms with Crippen LogP contribution < -0.4 is 5.73 Å². The first kappa shape index (κ1) is 11.2. The molecule has 1 heterocycles. The highest BCUT2D eigenvalue weighted by molar-refractivity contribution is 5.70. The number of hydrogen-bond acceptors (Lipinski definition) is 4. The molecule has 1 fully saturated rings. The summed E-state index contributed by atoms with van der Waals surface area (Å²) < 4.78 is 1.87. The third kappa shape index (κ3) is 1.85. The van der Waals surface area contributed by atoms with Crippen LogP contribution in [0.2, 0.25) is 0 Å². The van der Waals surface area contributed by atoms with Crippen LogP contribution in [-0.2, 0) is 6.54 Å². The maximum atomic E-state index is 5.97. The SMILES string of the molecule is CC1(C)CC1Cn1nnnc1-c1ccccc1N. The fraction of sp³-hybridized carbons (Fsp3) is 0.462. The van der Waals surface area contributed by atoms with Gasteiger partial charge in [0.05, 0.1) is 0 Å². The molecule has 0 radical (unpaired) electrons. The molecule has 1 aromatic heterocycles. The van der Waals surface area contributed by atoms with Crippen molar-refractivity contribution >= 4 is 5.69 Å². The summed E-state index contributed by atoms with van der Waals surface area (Å²) in [5.41, 5.74) is 8.01. The van der Waals surface area contributed by atoms with Crippen LogP contribution in [0.3, 0.4) is 0 Å². The maximum absolute atomic E-state index is 5.97. The van der Waals surface area contributed by atoms with Crippen LogP contribution in [0, 0.1) is 11.3 Å². The van der Waals surface area contributed by atoms with Crippen molar-refractivity contribution in [3.8, 4) is 11.4 Å². The second-order valence-corrected chi connectivity index (χ2v) is 5.66. The maximum Gasteiger partial charge on any atom is 0.184 e. The van der Waals surface area contributed by atoms with Gasteiger partial charge < -0.3 is 5.73 Å². The zero-order valence-electron chi connectivity index (χ0n) is 10.7. The average Bonchev–Trinajstić information content (AvgIpc) is 2.74. The summed E-state index contributed by atoms with van der Waals surface area (Å²) in [6.07, 6.45) is 1.23. The summed E-state index contributed by atoms with van der Waals surface area (Å²) in [5.74, 6) is 1.42. The quantitative estimate of drug-likeness (QED) is 0.837. The molecule has 1 saturated carbocycles. The molecule has 1 atom stereocenters. The smallest absolute Gasteiger partial charge is 0.184 e. The van der Waals surface area contributed by atoms with Crippen LogP contribution in [0.4, 0.5) is 5.69 Å². The molecule has 0 spiro atoms. The molecule has 5 heteroatoms. The van der Waals surface area contributed by atoms with E-state index in [1.54, 1.807) is 0 Å². The second-order valence-electron chi connectivity index (χ2n) is 5.66. The molecule has 0 aliphatic heterocycles. The molecular formula is C13H17N5. The largest absolute Gasteiger partial charge is 0.398 e. The zero-order chi connectivity index (χ0) is 12.8. The van der Waals surface area contributed by atoms with E-state index in [1.807, 2.05) is 28.9 Å². The van der Waals surface area contributed by atoms with Gasteiger partial charge in [-0.1, -0.05) is 26.0 Å². The molecule has 1 aromatic carbocycles. The van der Waals surface area contributed by atoms with E-state index in [2.05, 4.69) is 29.4 Å². The summed E-state index contributed by atoms with van der Waals surface area (Å²) in [6, 6.07) is 7.69. The van der Waals surface area contributed by atoms with Crippen LogP contribution >= 0.6 is 0 Å². The number of benzene rings is 1. The lowest BCUT2D eigenvalue weighted by molar-refractivity contribution is 0.467. The van der Waals surface area contributed by atoms with Crippen molar-refractivity contribution in [1.82, 2.24) is 20.2 Å². The number of tetrazole rings is 1. The minimum absolute atomic E-state index is 0.422. The number of rotatable bonds is 3. The number of nitrogens with two attached hydrogens (primary N) is 1. The lowest BCUT2D eigenvalue weighted by atomic mass is 10.1. The number of aromatic nitrogens is 4. The Balaban J connectivity index is 1.90. The highest BCUT2D eigenvalue weighted by atomic mass is 15.5. The minimum atomic E-state index is 0.422. The minimum Gasteiger partial charge on any atom is -0.398 e. The second kappa shape index (κ2) is 3.80. The number of nitrogen functional groups attached to an aromatic ring is 1. The number of para-hydroxylation sites is 1. The van der Waals surface area contributed by atoms with Crippen molar-refractivity contribution in [2.24, 2.45) is 11.3 Å². The monoisotopic (exact) mass is 243 g/mol. The van der Waals surface area contributed by atoms with Gasteiger partial charge >= 0.3 is 0 Å². The zero-order valence-corrected chi connectivity index (χ0v) is 10.7. The summed E-state index contributed by atoms with van der Waals surface area (Å²) in [4.78, 5) is 0. The molecule has 94 valence electrons. The Morgan fingerprint density at radius 3 is 2.78 bits per heavy atom. The van der Waals surface area contributed by atoms with Gasteiger partial charge in [-0.3, -0.25) is 0 Å². The Morgan fingerprint density at radius 2 is 2.11 bits per heavy atom. The van der Waals surface area contributed by atoms with Crippen molar-refractivity contribution in [2.45, 2.75) is 26.8 Å². The molecule has 2 N–H and O–H groups in total. The van der Waals surface area contributed by atoms with Gasteiger partial charge in [0.2, 0.25) is 0 Å². The van der Waals surface area contributed by atoms with Gasteiger partial charge in [-0.15, -0.1) is 5.10 Å². The first-order valence-corrected chi connectivity index (χ1v) is 6.19. The Bertz CT molecular complexity index is 572. The van der Waals surface area contributed by atoms with Crippen molar-refractivity contribution in [3.05, 3.63) is 24.3 Å². The molecule has 5 nitrogen and oxygen atoms in total. The number of nitrogens with zero attached hydrogens (tertiary/aromatic N) is 4. The van der Waals surface area contributed by atoms with Crippen molar-refractivity contribution < 1.29 is 0 Å². The van der Waals surface area contributed by atoms with Gasteiger partial charge in [0.15, 0.2) is 5.82 Å². The molecule has 18 heavy (non-hydrogen) atoms. The Labute approximate surface area is 106 Å². The fourth-order valence-corrected chi connectivity index (χ4v) is 2.32. The van der Waals surface area contributed by atoms with E-state index in [1.165, 1.54) is 6.42 Å². The lowest BCUT2D eigenvalue weighted by Gasteiger charge is -2.07. The van der Waals surface area contributed by atoms with Crippen LogP contribution in [0.25, 0.3) is 11.4 Å². The lowest BCUT2D eigenvalue weighted by Crippen LogP contribution is -2.08. The number of hydrogen-bond donors (Lipinski definition) is 1. The summed E-state index contributed by atoms with van der Waals surface area (Å²) in [6.45, 7) is 5.42. The number of anilines is 1. The van der Waals surface area contributed by atoms with Gasteiger partial charge in [0.1, 0.15) is 0 Å². The Hall–Kier alpha value is -1.91. The summed E-state index contributed by atoms with van der Waals surface area (Å²) in [7, 11) is 0. The summed E-state index contributed by atoms with van der Waals surface area (Å²) in [5, 5.41) is 12.0. The van der Waals surface area contributed by atoms with Crippen molar-refractivity contribution in [1.29, 1.82) is 0 Å². The fourth-order valence-electron chi connectivity index (χ4n) is 2.32. The average molecular weight is 243 g/mol. The molecule has 1 aliphatic carbocycles. The van der Waals surface area contributed by atoms with Gasteiger partial charge in [-0.2, -0.15) is 0 Å². The standard InChI is InChI=1S/C13H17N5/c1-13(2)7-9(13)8-18-12(15-16-17-18)10-5-3-4-6-11(10)14/h3-6,9H,7-8,14H2,1-2H3. The first-order valence-electron chi connectivity index (χ1n) is 6.19. The van der Waals surface area contributed by atoms with Crippen LogP contribution in [0.5, 0.6) is 0 Å². The van der Waals surface area contributed by atoms with E-state index in [-0.39, 0.29) is 0 Å².